The van der Waals surface area contributed by atoms with Gasteiger partial charge in [-0.05, 0) is 49.1 Å². The molecule has 4 nitrogen and oxygen atoms in total. The Hall–Kier alpha value is -2.33. The van der Waals surface area contributed by atoms with Crippen LogP contribution in [0.25, 0.3) is 0 Å². The molecule has 1 aliphatic carbocycles. The Labute approximate surface area is 146 Å². The number of hydrogen-bond acceptors (Lipinski definition) is 2. The Kier molecular flexibility index (Phi) is 4.58. The average molecular weight is 343 g/mol. The lowest BCUT2D eigenvalue weighted by atomic mass is 10.0. The topological polar surface area (TPSA) is 58.2 Å². The van der Waals surface area contributed by atoms with Crippen molar-refractivity contribution in [1.82, 2.24) is 0 Å². The number of benzene rings is 2. The first-order valence-corrected chi connectivity index (χ1v) is 8.39. The average Bonchev–Trinajstić information content (AvgIpc) is 3.39. The van der Waals surface area contributed by atoms with Crippen LogP contribution in [0.5, 0.6) is 0 Å². The lowest BCUT2D eigenvalue weighted by Crippen LogP contribution is -2.35. The summed E-state index contributed by atoms with van der Waals surface area (Å²) in [5.74, 6) is -0.574. The SMILES string of the molecule is CCc1ccc(NC(=O)C2(C(=O)Nc3ccccc3Cl)CC2)cc1. The normalized spacial score (nSPS) is 14.8. The lowest BCUT2D eigenvalue weighted by Gasteiger charge is -2.16. The van der Waals surface area contributed by atoms with Crippen molar-refractivity contribution < 1.29 is 9.59 Å². The molecule has 0 unspecified atom stereocenters. The zero-order valence-electron chi connectivity index (χ0n) is 13.4. The van der Waals surface area contributed by atoms with Gasteiger partial charge in [-0.2, -0.15) is 0 Å². The Bertz CT molecular complexity index is 767. The number of carbonyl (C=O) groups excluding carboxylic acids is 2. The molecular formula is C19H19ClN2O2. The van der Waals surface area contributed by atoms with Gasteiger partial charge in [-0.3, -0.25) is 9.59 Å². The third-order valence-corrected chi connectivity index (χ3v) is 4.69. The summed E-state index contributed by atoms with van der Waals surface area (Å²) < 4.78 is 0. The maximum absolute atomic E-state index is 12.6. The molecule has 2 amide bonds. The number of aryl methyl sites for hydroxylation is 1. The summed E-state index contributed by atoms with van der Waals surface area (Å²) in [4.78, 5) is 25.1. The molecule has 0 bridgehead atoms. The first-order valence-electron chi connectivity index (χ1n) is 8.01. The minimum Gasteiger partial charge on any atom is -0.325 e. The summed E-state index contributed by atoms with van der Waals surface area (Å²) in [5, 5.41) is 6.07. The first kappa shape index (κ1) is 16.5. The summed E-state index contributed by atoms with van der Waals surface area (Å²) in [7, 11) is 0. The van der Waals surface area contributed by atoms with Crippen molar-refractivity contribution >= 4 is 34.8 Å². The Balaban J connectivity index is 1.69. The highest BCUT2D eigenvalue weighted by atomic mass is 35.5. The predicted molar refractivity (Wildman–Crippen MR) is 96.2 cm³/mol. The van der Waals surface area contributed by atoms with Crippen LogP contribution in [0.3, 0.4) is 0 Å². The Morgan fingerprint density at radius 1 is 1.00 bits per heavy atom. The van der Waals surface area contributed by atoms with Crippen LogP contribution in [0.15, 0.2) is 48.5 Å². The van der Waals surface area contributed by atoms with Crippen LogP contribution in [0, 0.1) is 5.41 Å². The van der Waals surface area contributed by atoms with E-state index in [-0.39, 0.29) is 11.8 Å². The molecule has 1 saturated carbocycles. The van der Waals surface area contributed by atoms with E-state index in [1.54, 1.807) is 24.3 Å². The van der Waals surface area contributed by atoms with Crippen molar-refractivity contribution in [2.75, 3.05) is 10.6 Å². The van der Waals surface area contributed by atoms with Crippen molar-refractivity contribution in [3.8, 4) is 0 Å². The smallest absolute Gasteiger partial charge is 0.240 e. The molecule has 0 saturated heterocycles. The standard InChI is InChI=1S/C19H19ClN2O2/c1-2-13-7-9-14(10-8-13)21-17(23)19(11-12-19)18(24)22-16-6-4-3-5-15(16)20/h3-10H,2,11-12H2,1H3,(H,21,23)(H,22,24). The number of carbonyl (C=O) groups is 2. The van der Waals surface area contributed by atoms with Crippen molar-refractivity contribution in [3.63, 3.8) is 0 Å². The third-order valence-electron chi connectivity index (χ3n) is 4.36. The number of amides is 2. The molecule has 0 radical (unpaired) electrons. The molecule has 0 aromatic heterocycles. The van der Waals surface area contributed by atoms with Crippen molar-refractivity contribution in [1.29, 1.82) is 0 Å². The Morgan fingerprint density at radius 3 is 2.21 bits per heavy atom. The predicted octanol–water partition coefficient (Wildman–Crippen LogP) is 4.26. The zero-order chi connectivity index (χ0) is 17.2. The van der Waals surface area contributed by atoms with E-state index in [2.05, 4.69) is 17.6 Å². The molecule has 0 heterocycles. The molecule has 124 valence electrons. The summed E-state index contributed by atoms with van der Waals surface area (Å²) in [5.41, 5.74) is 1.43. The van der Waals surface area contributed by atoms with Gasteiger partial charge in [0, 0.05) is 5.69 Å². The summed E-state index contributed by atoms with van der Waals surface area (Å²) in [6.45, 7) is 2.08. The molecule has 0 spiro atoms. The second-order valence-corrected chi connectivity index (χ2v) is 6.43. The van der Waals surface area contributed by atoms with Gasteiger partial charge >= 0.3 is 0 Å². The summed E-state index contributed by atoms with van der Waals surface area (Å²) >= 11 is 6.06. The minimum atomic E-state index is -0.997. The fraction of sp³-hybridized carbons (Fsp3) is 0.263. The molecule has 3 rings (SSSR count). The highest BCUT2D eigenvalue weighted by molar-refractivity contribution is 6.34. The summed E-state index contributed by atoms with van der Waals surface area (Å²) in [6.07, 6.45) is 2.03. The molecule has 2 aromatic rings. The molecule has 0 atom stereocenters. The van der Waals surface area contributed by atoms with E-state index in [0.717, 1.165) is 6.42 Å². The van der Waals surface area contributed by atoms with Gasteiger partial charge in [-0.1, -0.05) is 42.8 Å². The molecule has 24 heavy (non-hydrogen) atoms. The molecule has 1 aliphatic rings. The fourth-order valence-corrected chi connectivity index (χ4v) is 2.74. The van der Waals surface area contributed by atoms with E-state index >= 15 is 0 Å². The number of anilines is 2. The van der Waals surface area contributed by atoms with Gasteiger partial charge in [0.15, 0.2) is 0 Å². The van der Waals surface area contributed by atoms with E-state index in [1.165, 1.54) is 5.56 Å². The van der Waals surface area contributed by atoms with E-state index in [1.807, 2.05) is 24.3 Å². The highest BCUT2D eigenvalue weighted by Crippen LogP contribution is 2.47. The Morgan fingerprint density at radius 2 is 1.62 bits per heavy atom. The largest absolute Gasteiger partial charge is 0.325 e. The number of hydrogen-bond donors (Lipinski definition) is 2. The monoisotopic (exact) mass is 342 g/mol. The molecule has 0 aliphatic heterocycles. The fourth-order valence-electron chi connectivity index (χ4n) is 2.56. The third kappa shape index (κ3) is 3.29. The highest BCUT2D eigenvalue weighted by Gasteiger charge is 2.56. The van der Waals surface area contributed by atoms with Gasteiger partial charge in [-0.15, -0.1) is 0 Å². The van der Waals surface area contributed by atoms with Crippen LogP contribution in [-0.4, -0.2) is 11.8 Å². The first-order chi connectivity index (χ1) is 11.5. The number of nitrogens with one attached hydrogen (secondary N) is 2. The van der Waals surface area contributed by atoms with Gasteiger partial charge in [0.1, 0.15) is 5.41 Å². The minimum absolute atomic E-state index is 0.267. The zero-order valence-corrected chi connectivity index (χ0v) is 14.2. The lowest BCUT2D eigenvalue weighted by molar-refractivity contribution is -0.131. The van der Waals surface area contributed by atoms with Crippen molar-refractivity contribution in [3.05, 3.63) is 59.1 Å². The van der Waals surface area contributed by atoms with Crippen molar-refractivity contribution in [2.45, 2.75) is 26.2 Å². The number of rotatable bonds is 5. The van der Waals surface area contributed by atoms with Gasteiger partial charge < -0.3 is 10.6 Å². The molecule has 1 fully saturated rings. The van der Waals surface area contributed by atoms with Gasteiger partial charge in [-0.25, -0.2) is 0 Å². The molecule has 2 aromatic carbocycles. The van der Waals surface area contributed by atoms with Crippen LogP contribution < -0.4 is 10.6 Å². The maximum Gasteiger partial charge on any atom is 0.240 e. The van der Waals surface area contributed by atoms with Crippen LogP contribution in [0.4, 0.5) is 11.4 Å². The second-order valence-electron chi connectivity index (χ2n) is 6.02. The van der Waals surface area contributed by atoms with Crippen LogP contribution in [-0.2, 0) is 16.0 Å². The molecular weight excluding hydrogens is 324 g/mol. The molecule has 2 N–H and O–H groups in total. The van der Waals surface area contributed by atoms with Crippen LogP contribution in [0.2, 0.25) is 5.02 Å². The number of para-hydroxylation sites is 1. The van der Waals surface area contributed by atoms with E-state index in [9.17, 15) is 9.59 Å². The quantitative estimate of drug-likeness (QED) is 0.798. The van der Waals surface area contributed by atoms with Crippen LogP contribution >= 0.6 is 11.6 Å². The maximum atomic E-state index is 12.6. The van der Waals surface area contributed by atoms with Crippen LogP contribution in [0.1, 0.15) is 25.3 Å². The second kappa shape index (κ2) is 6.65. The van der Waals surface area contributed by atoms with Gasteiger partial charge in [0.2, 0.25) is 11.8 Å². The van der Waals surface area contributed by atoms with E-state index in [0.29, 0.717) is 29.2 Å². The molecule has 5 heteroatoms. The van der Waals surface area contributed by atoms with Gasteiger partial charge in [0.05, 0.1) is 10.7 Å². The number of halogens is 1. The van der Waals surface area contributed by atoms with E-state index < -0.39 is 5.41 Å². The van der Waals surface area contributed by atoms with Gasteiger partial charge in [0.25, 0.3) is 0 Å². The van der Waals surface area contributed by atoms with Crippen molar-refractivity contribution in [2.24, 2.45) is 5.41 Å². The summed E-state index contributed by atoms with van der Waals surface area (Å²) in [6, 6.07) is 14.7. The van der Waals surface area contributed by atoms with E-state index in [4.69, 9.17) is 11.6 Å².